The van der Waals surface area contributed by atoms with E-state index >= 15 is 0 Å². The third kappa shape index (κ3) is 4.43. The molecule has 0 bridgehead atoms. The van der Waals surface area contributed by atoms with Crippen molar-refractivity contribution in [3.05, 3.63) is 28.5 Å². The van der Waals surface area contributed by atoms with Gasteiger partial charge in [0.05, 0.1) is 6.07 Å². The van der Waals surface area contributed by atoms with Gasteiger partial charge in [0.25, 0.3) is 5.91 Å². The van der Waals surface area contributed by atoms with Gasteiger partial charge in [0, 0.05) is 11.0 Å². The number of ether oxygens (including phenoxy) is 1. The lowest BCUT2D eigenvalue weighted by atomic mass is 9.98. The molecule has 0 radical (unpaired) electrons. The van der Waals surface area contributed by atoms with E-state index < -0.39 is 17.4 Å². The normalized spacial score (nSPS) is 17.0. The van der Waals surface area contributed by atoms with E-state index in [0.717, 1.165) is 17.7 Å². The van der Waals surface area contributed by atoms with Crippen LogP contribution in [0, 0.1) is 17.2 Å². The van der Waals surface area contributed by atoms with Crippen LogP contribution in [-0.2, 0) is 14.3 Å². The highest BCUT2D eigenvalue weighted by Crippen LogP contribution is 2.39. The quantitative estimate of drug-likeness (QED) is 0.645. The summed E-state index contributed by atoms with van der Waals surface area (Å²) in [5, 5.41) is 13.7. The largest absolute Gasteiger partial charge is 0.452 e. The van der Waals surface area contributed by atoms with Crippen LogP contribution < -0.4 is 5.32 Å². The summed E-state index contributed by atoms with van der Waals surface area (Å²) in [6.07, 6.45) is 4.79. The minimum absolute atomic E-state index is 0.195. The fourth-order valence-corrected chi connectivity index (χ4v) is 2.55. The average Bonchev–Trinajstić information content (AvgIpc) is 3.21. The molecular weight excluding hydrogens is 288 g/mol. The van der Waals surface area contributed by atoms with Crippen molar-refractivity contribution >= 4 is 29.3 Å². The topological polar surface area (TPSA) is 79.2 Å². The first-order valence-corrected chi connectivity index (χ1v) is 7.52. The number of amides is 1. The Labute approximate surface area is 127 Å². The molecule has 1 aromatic rings. The van der Waals surface area contributed by atoms with Crippen molar-refractivity contribution < 1.29 is 14.3 Å². The molecule has 110 valence electrons. The average molecular weight is 304 g/mol. The molecule has 1 aliphatic rings. The maximum Gasteiger partial charge on any atom is 0.331 e. The van der Waals surface area contributed by atoms with Crippen LogP contribution in [0.2, 0.25) is 0 Å². The Morgan fingerprint density at radius 1 is 1.62 bits per heavy atom. The van der Waals surface area contributed by atoms with Crippen LogP contribution in [0.1, 0.15) is 24.6 Å². The molecule has 5 nitrogen and oxygen atoms in total. The number of esters is 1. The predicted octanol–water partition coefficient (Wildman–Crippen LogP) is 2.11. The second-order valence-electron chi connectivity index (χ2n) is 5.09. The summed E-state index contributed by atoms with van der Waals surface area (Å²) < 4.78 is 4.85. The van der Waals surface area contributed by atoms with Crippen molar-refractivity contribution in [3.8, 4) is 6.07 Å². The fraction of sp³-hybridized carbons (Fsp3) is 0.400. The van der Waals surface area contributed by atoms with Crippen molar-refractivity contribution in [2.45, 2.75) is 25.3 Å². The van der Waals surface area contributed by atoms with Crippen LogP contribution in [0.25, 0.3) is 6.08 Å². The van der Waals surface area contributed by atoms with Crippen LogP contribution >= 0.6 is 11.3 Å². The van der Waals surface area contributed by atoms with E-state index in [4.69, 9.17) is 10.00 Å². The number of hydrogen-bond acceptors (Lipinski definition) is 5. The van der Waals surface area contributed by atoms with Crippen molar-refractivity contribution in [1.29, 1.82) is 5.26 Å². The second-order valence-corrected chi connectivity index (χ2v) is 6.07. The highest BCUT2D eigenvalue weighted by Gasteiger charge is 2.43. The predicted molar refractivity (Wildman–Crippen MR) is 79.2 cm³/mol. The number of carbonyl (C=O) groups excluding carboxylic acids is 2. The van der Waals surface area contributed by atoms with Crippen molar-refractivity contribution in [1.82, 2.24) is 5.32 Å². The molecule has 1 fully saturated rings. The maximum atomic E-state index is 11.7. The van der Waals surface area contributed by atoms with Crippen LogP contribution in [0.3, 0.4) is 0 Å². The number of nitrogens with one attached hydrogen (secondary N) is 1. The van der Waals surface area contributed by atoms with Gasteiger partial charge in [-0.1, -0.05) is 6.07 Å². The smallest absolute Gasteiger partial charge is 0.331 e. The molecule has 0 saturated heterocycles. The summed E-state index contributed by atoms with van der Waals surface area (Å²) in [5.41, 5.74) is -0.865. The molecule has 2 rings (SSSR count). The van der Waals surface area contributed by atoms with Crippen LogP contribution in [0.4, 0.5) is 0 Å². The SMILES string of the molecule is C[C@](C#N)(NC(=O)COC(=O)/C=C/c1cccs1)C1CC1. The van der Waals surface area contributed by atoms with E-state index in [9.17, 15) is 9.59 Å². The van der Waals surface area contributed by atoms with Crippen molar-refractivity contribution in [3.63, 3.8) is 0 Å². The van der Waals surface area contributed by atoms with E-state index in [1.54, 1.807) is 13.0 Å². The fourth-order valence-electron chi connectivity index (χ4n) is 1.93. The summed E-state index contributed by atoms with van der Waals surface area (Å²) >= 11 is 1.50. The van der Waals surface area contributed by atoms with E-state index in [2.05, 4.69) is 11.4 Å². The Kier molecular flexibility index (Phi) is 4.76. The summed E-state index contributed by atoms with van der Waals surface area (Å²) in [5.74, 6) is -0.840. The van der Waals surface area contributed by atoms with Gasteiger partial charge < -0.3 is 10.1 Å². The Hall–Kier alpha value is -2.13. The van der Waals surface area contributed by atoms with Gasteiger partial charge in [-0.05, 0) is 43.2 Å². The molecular formula is C15H16N2O3S. The molecule has 1 aliphatic carbocycles. The van der Waals surface area contributed by atoms with Gasteiger partial charge in [0.1, 0.15) is 5.54 Å². The zero-order valence-electron chi connectivity index (χ0n) is 11.7. The van der Waals surface area contributed by atoms with Gasteiger partial charge >= 0.3 is 5.97 Å². The van der Waals surface area contributed by atoms with Crippen LogP contribution in [-0.4, -0.2) is 24.0 Å². The molecule has 1 N–H and O–H groups in total. The Balaban J connectivity index is 1.76. The van der Waals surface area contributed by atoms with Crippen molar-refractivity contribution in [2.24, 2.45) is 5.92 Å². The van der Waals surface area contributed by atoms with Gasteiger partial charge in [0.2, 0.25) is 0 Å². The van der Waals surface area contributed by atoms with Crippen molar-refractivity contribution in [2.75, 3.05) is 6.61 Å². The highest BCUT2D eigenvalue weighted by atomic mass is 32.1. The monoisotopic (exact) mass is 304 g/mol. The molecule has 21 heavy (non-hydrogen) atoms. The van der Waals surface area contributed by atoms with Gasteiger partial charge in [-0.2, -0.15) is 5.26 Å². The first-order chi connectivity index (χ1) is 10.0. The molecule has 1 amide bonds. The molecule has 0 aromatic carbocycles. The first-order valence-electron chi connectivity index (χ1n) is 6.64. The number of rotatable bonds is 6. The number of nitriles is 1. The lowest BCUT2D eigenvalue weighted by molar-refractivity contribution is -0.144. The van der Waals surface area contributed by atoms with E-state index in [0.29, 0.717) is 0 Å². The number of hydrogen-bond donors (Lipinski definition) is 1. The van der Waals surface area contributed by atoms with Gasteiger partial charge in [-0.15, -0.1) is 11.3 Å². The minimum Gasteiger partial charge on any atom is -0.452 e. The Morgan fingerprint density at radius 3 is 2.95 bits per heavy atom. The highest BCUT2D eigenvalue weighted by molar-refractivity contribution is 7.10. The van der Waals surface area contributed by atoms with Crippen LogP contribution in [0.15, 0.2) is 23.6 Å². The summed E-state index contributed by atoms with van der Waals surface area (Å²) in [6, 6.07) is 5.87. The maximum absolute atomic E-state index is 11.7. The zero-order chi connectivity index (χ0) is 15.3. The third-order valence-electron chi connectivity index (χ3n) is 3.30. The zero-order valence-corrected chi connectivity index (χ0v) is 12.5. The lowest BCUT2D eigenvalue weighted by Crippen LogP contribution is -2.48. The van der Waals surface area contributed by atoms with Gasteiger partial charge in [0.15, 0.2) is 6.61 Å². The molecule has 1 aromatic heterocycles. The molecule has 0 aliphatic heterocycles. The Morgan fingerprint density at radius 2 is 2.38 bits per heavy atom. The van der Waals surface area contributed by atoms with Crippen LogP contribution in [0.5, 0.6) is 0 Å². The molecule has 6 heteroatoms. The summed E-state index contributed by atoms with van der Waals surface area (Å²) in [7, 11) is 0. The van der Waals surface area contributed by atoms with Gasteiger partial charge in [-0.25, -0.2) is 4.79 Å². The molecule has 1 heterocycles. The Bertz CT molecular complexity index is 585. The van der Waals surface area contributed by atoms with E-state index in [-0.39, 0.29) is 12.5 Å². The minimum atomic E-state index is -0.865. The molecule has 1 saturated carbocycles. The molecule has 0 unspecified atom stereocenters. The standard InChI is InChI=1S/C15H16N2O3S/c1-15(10-16,11-4-5-11)17-13(18)9-20-14(19)7-6-12-3-2-8-21-12/h2-3,6-8,11H,4-5,9H2,1H3,(H,17,18)/b7-6+/t15-/m1/s1. The third-order valence-corrected chi connectivity index (χ3v) is 4.14. The molecule has 0 spiro atoms. The van der Waals surface area contributed by atoms with E-state index in [1.165, 1.54) is 17.4 Å². The summed E-state index contributed by atoms with van der Waals surface area (Å²) in [4.78, 5) is 24.1. The first kappa shape index (κ1) is 15.3. The number of thiophene rings is 1. The summed E-state index contributed by atoms with van der Waals surface area (Å²) in [6.45, 7) is 1.32. The lowest BCUT2D eigenvalue weighted by Gasteiger charge is -2.22. The second kappa shape index (κ2) is 6.55. The number of nitrogens with zero attached hydrogens (tertiary/aromatic N) is 1. The van der Waals surface area contributed by atoms with Gasteiger partial charge in [-0.3, -0.25) is 4.79 Å². The van der Waals surface area contributed by atoms with E-state index in [1.807, 2.05) is 17.5 Å². The molecule has 1 atom stereocenters. The number of carbonyl (C=O) groups is 2.